The average molecular weight is 292 g/mol. The quantitative estimate of drug-likeness (QED) is 0.914. The summed E-state index contributed by atoms with van der Waals surface area (Å²) in [5, 5.41) is 10.4. The van der Waals surface area contributed by atoms with Crippen LogP contribution in [-0.2, 0) is 9.47 Å². The number of hydrogen-bond donors (Lipinski definition) is 1. The lowest BCUT2D eigenvalue weighted by Crippen LogP contribution is -2.19. The maximum Gasteiger partial charge on any atom is 0.228 e. The molecule has 6 nitrogen and oxygen atoms in total. The standard InChI is InChI=1S/C15H16O6/c1-7(19-2)12-10(20-3)5-8-13(15(12)18)9(16)6-11(21-4)14(8)17/h5-7,18H,1-4H3/t7-/m0/s1. The molecular weight excluding hydrogens is 276 g/mol. The Morgan fingerprint density at radius 1 is 1.14 bits per heavy atom. The van der Waals surface area contributed by atoms with Gasteiger partial charge in [-0.1, -0.05) is 0 Å². The summed E-state index contributed by atoms with van der Waals surface area (Å²) >= 11 is 0. The number of ketones is 2. The first kappa shape index (κ1) is 15.1. The summed E-state index contributed by atoms with van der Waals surface area (Å²) in [6.07, 6.45) is 0.568. The Kier molecular flexibility index (Phi) is 3.99. The van der Waals surface area contributed by atoms with Gasteiger partial charge in [-0.05, 0) is 13.0 Å². The van der Waals surface area contributed by atoms with Crippen LogP contribution in [0.5, 0.6) is 11.5 Å². The van der Waals surface area contributed by atoms with E-state index in [9.17, 15) is 14.7 Å². The molecule has 1 atom stereocenters. The van der Waals surface area contributed by atoms with Crippen molar-refractivity contribution in [2.75, 3.05) is 21.3 Å². The number of phenols is 1. The molecule has 21 heavy (non-hydrogen) atoms. The van der Waals surface area contributed by atoms with E-state index in [0.717, 1.165) is 6.08 Å². The van der Waals surface area contributed by atoms with E-state index in [1.165, 1.54) is 27.4 Å². The molecule has 0 spiro atoms. The van der Waals surface area contributed by atoms with Crippen LogP contribution in [0.15, 0.2) is 17.9 Å². The van der Waals surface area contributed by atoms with Gasteiger partial charge in [0.1, 0.15) is 11.5 Å². The first-order chi connectivity index (χ1) is 9.96. The van der Waals surface area contributed by atoms with Crippen LogP contribution in [0.4, 0.5) is 0 Å². The number of fused-ring (bicyclic) bond motifs is 1. The van der Waals surface area contributed by atoms with Crippen molar-refractivity contribution in [1.82, 2.24) is 0 Å². The number of benzene rings is 1. The number of allylic oxidation sites excluding steroid dienone is 2. The van der Waals surface area contributed by atoms with Gasteiger partial charge >= 0.3 is 0 Å². The highest BCUT2D eigenvalue weighted by molar-refractivity contribution is 6.25. The van der Waals surface area contributed by atoms with Crippen LogP contribution in [0.1, 0.15) is 39.3 Å². The number of hydrogen-bond acceptors (Lipinski definition) is 6. The number of methoxy groups -OCH3 is 3. The van der Waals surface area contributed by atoms with Gasteiger partial charge in [0.2, 0.25) is 5.78 Å². The summed E-state index contributed by atoms with van der Waals surface area (Å²) in [4.78, 5) is 24.4. The highest BCUT2D eigenvalue weighted by Gasteiger charge is 2.33. The highest BCUT2D eigenvalue weighted by Crippen LogP contribution is 2.41. The summed E-state index contributed by atoms with van der Waals surface area (Å²) < 4.78 is 15.3. The van der Waals surface area contributed by atoms with Crippen molar-refractivity contribution < 1.29 is 28.9 Å². The van der Waals surface area contributed by atoms with Crippen molar-refractivity contribution in [2.24, 2.45) is 0 Å². The second-order valence-corrected chi connectivity index (χ2v) is 4.55. The monoisotopic (exact) mass is 292 g/mol. The first-order valence-electron chi connectivity index (χ1n) is 6.27. The van der Waals surface area contributed by atoms with Gasteiger partial charge < -0.3 is 19.3 Å². The molecule has 1 aliphatic carbocycles. The Morgan fingerprint density at radius 2 is 1.81 bits per heavy atom. The topological polar surface area (TPSA) is 82.1 Å². The lowest BCUT2D eigenvalue weighted by molar-refractivity contribution is 0.0911. The van der Waals surface area contributed by atoms with E-state index in [1.807, 2.05) is 0 Å². The molecule has 0 radical (unpaired) electrons. The fourth-order valence-electron chi connectivity index (χ4n) is 2.31. The molecular formula is C15H16O6. The molecule has 0 bridgehead atoms. The second kappa shape index (κ2) is 5.57. The number of carbonyl (C=O) groups excluding carboxylic acids is 2. The zero-order chi connectivity index (χ0) is 15.7. The van der Waals surface area contributed by atoms with Crippen LogP contribution in [-0.4, -0.2) is 38.0 Å². The third kappa shape index (κ3) is 2.27. The normalized spacial score (nSPS) is 15.3. The predicted octanol–water partition coefficient (Wildman–Crippen LogP) is 2.02. The number of ether oxygens (including phenoxy) is 3. The lowest BCUT2D eigenvalue weighted by Gasteiger charge is -2.22. The number of carbonyl (C=O) groups is 2. The minimum Gasteiger partial charge on any atom is -0.507 e. The Labute approximate surface area is 121 Å². The molecule has 6 heteroatoms. The molecule has 112 valence electrons. The van der Waals surface area contributed by atoms with Crippen molar-refractivity contribution in [3.63, 3.8) is 0 Å². The fourth-order valence-corrected chi connectivity index (χ4v) is 2.31. The van der Waals surface area contributed by atoms with Gasteiger partial charge in [0.25, 0.3) is 0 Å². The van der Waals surface area contributed by atoms with Crippen molar-refractivity contribution in [3.05, 3.63) is 34.6 Å². The van der Waals surface area contributed by atoms with Gasteiger partial charge in [-0.3, -0.25) is 9.59 Å². The SMILES string of the molecule is COC1=CC(=O)c2c(cc(OC)c([C@H](C)OC)c2O)C1=O. The van der Waals surface area contributed by atoms with Gasteiger partial charge in [0, 0.05) is 18.7 Å². The Morgan fingerprint density at radius 3 is 2.33 bits per heavy atom. The Bertz CT molecular complexity index is 644. The maximum absolute atomic E-state index is 12.2. The van der Waals surface area contributed by atoms with E-state index in [1.54, 1.807) is 6.92 Å². The minimum atomic E-state index is -0.499. The van der Waals surface area contributed by atoms with E-state index in [0.29, 0.717) is 5.56 Å². The highest BCUT2D eigenvalue weighted by atomic mass is 16.5. The molecule has 0 aliphatic heterocycles. The molecule has 1 aromatic carbocycles. The third-order valence-electron chi connectivity index (χ3n) is 3.48. The molecule has 0 aromatic heterocycles. The molecule has 0 fully saturated rings. The predicted molar refractivity (Wildman–Crippen MR) is 73.8 cm³/mol. The van der Waals surface area contributed by atoms with Gasteiger partial charge in [-0.2, -0.15) is 0 Å². The first-order valence-corrected chi connectivity index (χ1v) is 6.27. The molecule has 0 unspecified atom stereocenters. The van der Waals surface area contributed by atoms with Crippen molar-refractivity contribution in [1.29, 1.82) is 0 Å². The lowest BCUT2D eigenvalue weighted by atomic mass is 9.89. The van der Waals surface area contributed by atoms with Crippen LogP contribution in [0, 0.1) is 0 Å². The molecule has 1 aromatic rings. The number of Topliss-reactive ketones (excluding diaryl/α,β-unsaturated/α-hetero) is 1. The van der Waals surface area contributed by atoms with Crippen LogP contribution in [0.3, 0.4) is 0 Å². The Hall–Kier alpha value is -2.34. The van der Waals surface area contributed by atoms with Gasteiger partial charge in [0.05, 0.1) is 31.5 Å². The van der Waals surface area contributed by atoms with Crippen LogP contribution >= 0.6 is 0 Å². The van der Waals surface area contributed by atoms with E-state index in [4.69, 9.17) is 14.2 Å². The summed E-state index contributed by atoms with van der Waals surface area (Å²) in [5.41, 5.74) is 0.329. The zero-order valence-corrected chi connectivity index (χ0v) is 12.2. The van der Waals surface area contributed by atoms with Crippen molar-refractivity contribution in [3.8, 4) is 11.5 Å². The second-order valence-electron chi connectivity index (χ2n) is 4.55. The van der Waals surface area contributed by atoms with Crippen LogP contribution < -0.4 is 4.74 Å². The fraction of sp³-hybridized carbons (Fsp3) is 0.333. The molecule has 0 amide bonds. The van der Waals surface area contributed by atoms with Gasteiger partial charge in [-0.15, -0.1) is 0 Å². The third-order valence-corrected chi connectivity index (χ3v) is 3.48. The van der Waals surface area contributed by atoms with E-state index in [2.05, 4.69) is 0 Å². The van der Waals surface area contributed by atoms with Crippen LogP contribution in [0.25, 0.3) is 0 Å². The summed E-state index contributed by atoms with van der Waals surface area (Å²) in [6.45, 7) is 1.70. The smallest absolute Gasteiger partial charge is 0.228 e. The maximum atomic E-state index is 12.2. The van der Waals surface area contributed by atoms with E-state index < -0.39 is 17.7 Å². The molecule has 2 rings (SSSR count). The number of rotatable bonds is 4. The molecule has 0 saturated heterocycles. The average Bonchev–Trinajstić information content (AvgIpc) is 2.48. The molecule has 0 heterocycles. The number of aromatic hydroxyl groups is 1. The van der Waals surface area contributed by atoms with Gasteiger partial charge in [0.15, 0.2) is 11.5 Å². The summed E-state index contributed by atoms with van der Waals surface area (Å²) in [6, 6.07) is 1.42. The summed E-state index contributed by atoms with van der Waals surface area (Å²) in [5.74, 6) is -1.06. The van der Waals surface area contributed by atoms with Crippen LogP contribution in [0.2, 0.25) is 0 Å². The number of phenolic OH excluding ortho intramolecular Hbond substituents is 1. The zero-order valence-electron chi connectivity index (χ0n) is 12.2. The molecule has 0 saturated carbocycles. The van der Waals surface area contributed by atoms with Gasteiger partial charge in [-0.25, -0.2) is 0 Å². The van der Waals surface area contributed by atoms with E-state index in [-0.39, 0.29) is 28.4 Å². The van der Waals surface area contributed by atoms with E-state index >= 15 is 0 Å². The Balaban J connectivity index is 2.75. The van der Waals surface area contributed by atoms with Crippen molar-refractivity contribution >= 4 is 11.6 Å². The largest absolute Gasteiger partial charge is 0.507 e. The summed E-state index contributed by atoms with van der Waals surface area (Å²) in [7, 11) is 4.19. The molecule has 1 aliphatic rings. The molecule has 1 N–H and O–H groups in total. The van der Waals surface area contributed by atoms with Crippen molar-refractivity contribution in [2.45, 2.75) is 13.0 Å². The minimum absolute atomic E-state index is 0.0551.